The van der Waals surface area contributed by atoms with Crippen LogP contribution in [-0.4, -0.2) is 58.4 Å². The number of likely N-dealkylation sites (tertiary alicyclic amines) is 1. The maximum atomic E-state index is 12.8. The Bertz CT molecular complexity index is 849. The van der Waals surface area contributed by atoms with Gasteiger partial charge in [-0.3, -0.25) is 4.79 Å². The molecule has 1 saturated heterocycles. The van der Waals surface area contributed by atoms with Crippen LogP contribution in [0.4, 0.5) is 0 Å². The van der Waals surface area contributed by atoms with Crippen LogP contribution in [0.2, 0.25) is 0 Å². The highest BCUT2D eigenvalue weighted by Gasteiger charge is 2.76. The summed E-state index contributed by atoms with van der Waals surface area (Å²) in [5, 5.41) is 22.5. The van der Waals surface area contributed by atoms with Gasteiger partial charge in [-0.25, -0.2) is 0 Å². The van der Waals surface area contributed by atoms with E-state index in [4.69, 9.17) is 4.74 Å². The minimum Gasteiger partial charge on any atom is -0.504 e. The second-order valence-corrected chi connectivity index (χ2v) is 9.61. The fraction of sp³-hybridized carbons (Fsp3) is 0.667. The van der Waals surface area contributed by atoms with E-state index >= 15 is 0 Å². The van der Waals surface area contributed by atoms with Gasteiger partial charge in [0.1, 0.15) is 11.6 Å². The molecule has 2 bridgehead atoms. The van der Waals surface area contributed by atoms with Crippen molar-refractivity contribution in [1.82, 2.24) is 0 Å². The number of quaternary nitrogens is 1. The van der Waals surface area contributed by atoms with E-state index in [0.717, 1.165) is 47.5 Å². The number of likely N-dealkylation sites (N-methyl/N-ethyl adjacent to an activating group) is 1. The van der Waals surface area contributed by atoms with Gasteiger partial charge in [-0.1, -0.05) is 6.07 Å². The maximum absolute atomic E-state index is 12.8. The third-order valence-corrected chi connectivity index (χ3v) is 8.28. The molecule has 2 heterocycles. The summed E-state index contributed by atoms with van der Waals surface area (Å²) in [4.78, 5) is 12.8. The molecule has 5 atom stereocenters. The van der Waals surface area contributed by atoms with E-state index in [0.29, 0.717) is 18.6 Å². The molecular formula is C21H26NO4+. The Hall–Kier alpha value is -1.59. The molecule has 3 fully saturated rings. The number of phenols is 1. The normalized spacial score (nSPS) is 45.2. The minimum absolute atomic E-state index is 0.0789. The van der Waals surface area contributed by atoms with Crippen molar-refractivity contribution in [3.8, 4) is 11.5 Å². The maximum Gasteiger partial charge on any atom is 0.174 e. The standard InChI is InChI=1S/C21H25NO4/c1-22(11-12-2-3-12)9-8-20-17-13-4-5-14(23)18(17)26-19(20)15(24)6-7-21(20,25)16(22)10-13/h4-5,12,16,19,25H,2-3,6-11H2,1H3/p+1/t16-,19?,20+,21+,22-/m1/s1. The first-order valence-corrected chi connectivity index (χ1v) is 10.0. The average Bonchev–Trinajstić information content (AvgIpc) is 3.32. The number of hydrogen-bond acceptors (Lipinski definition) is 4. The Morgan fingerprint density at radius 3 is 2.88 bits per heavy atom. The van der Waals surface area contributed by atoms with Gasteiger partial charge in [0.15, 0.2) is 23.4 Å². The molecule has 3 aliphatic carbocycles. The van der Waals surface area contributed by atoms with Crippen LogP contribution in [0.15, 0.2) is 12.1 Å². The summed E-state index contributed by atoms with van der Waals surface area (Å²) in [6.45, 7) is 2.09. The fourth-order valence-electron chi connectivity index (χ4n) is 6.94. The number of Topliss-reactive ketones (excluding diaryl/α,β-unsaturated/α-hetero) is 1. The van der Waals surface area contributed by atoms with E-state index in [2.05, 4.69) is 7.05 Å². The topological polar surface area (TPSA) is 66.8 Å². The van der Waals surface area contributed by atoms with E-state index in [9.17, 15) is 15.0 Å². The number of piperidine rings is 1. The number of rotatable bonds is 2. The minimum atomic E-state index is -0.931. The van der Waals surface area contributed by atoms with Crippen molar-refractivity contribution in [2.24, 2.45) is 5.92 Å². The van der Waals surface area contributed by atoms with Gasteiger partial charge in [0.25, 0.3) is 0 Å². The molecule has 1 spiro atoms. The molecule has 5 aliphatic rings. The Labute approximate surface area is 153 Å². The van der Waals surface area contributed by atoms with Gasteiger partial charge in [-0.2, -0.15) is 0 Å². The molecule has 2 N–H and O–H groups in total. The number of nitrogens with zero attached hydrogens (tertiary/aromatic N) is 1. The lowest BCUT2D eigenvalue weighted by Crippen LogP contribution is -2.80. The number of aromatic hydroxyl groups is 1. The number of ketones is 1. The van der Waals surface area contributed by atoms with Gasteiger partial charge in [0, 0.05) is 30.7 Å². The number of ether oxygens (including phenoxy) is 1. The van der Waals surface area contributed by atoms with Gasteiger partial charge < -0.3 is 19.4 Å². The fourth-order valence-corrected chi connectivity index (χ4v) is 6.94. The van der Waals surface area contributed by atoms with Crippen molar-refractivity contribution in [1.29, 1.82) is 0 Å². The van der Waals surface area contributed by atoms with Crippen LogP contribution >= 0.6 is 0 Å². The monoisotopic (exact) mass is 356 g/mol. The van der Waals surface area contributed by atoms with Crippen molar-refractivity contribution >= 4 is 5.78 Å². The molecular weight excluding hydrogens is 330 g/mol. The van der Waals surface area contributed by atoms with Gasteiger partial charge in [0.05, 0.1) is 25.6 Å². The van der Waals surface area contributed by atoms with E-state index < -0.39 is 17.1 Å². The molecule has 1 unspecified atom stereocenters. The van der Waals surface area contributed by atoms with E-state index in [1.807, 2.05) is 6.07 Å². The number of hydrogen-bond donors (Lipinski definition) is 2. The number of phenolic OH excluding ortho intramolecular Hbond substituents is 1. The second kappa shape index (κ2) is 4.45. The molecule has 0 amide bonds. The zero-order valence-electron chi connectivity index (χ0n) is 15.2. The van der Waals surface area contributed by atoms with Crippen LogP contribution in [0.25, 0.3) is 0 Å². The lowest BCUT2D eigenvalue weighted by Gasteiger charge is -2.64. The highest BCUT2D eigenvalue weighted by molar-refractivity contribution is 5.90. The number of carbonyl (C=O) groups excluding carboxylic acids is 1. The Kier molecular flexibility index (Phi) is 2.65. The lowest BCUT2D eigenvalue weighted by atomic mass is 9.48. The van der Waals surface area contributed by atoms with Crippen LogP contribution in [0.5, 0.6) is 11.5 Å². The van der Waals surface area contributed by atoms with Crippen LogP contribution in [-0.2, 0) is 16.6 Å². The van der Waals surface area contributed by atoms with Crippen molar-refractivity contribution in [2.45, 2.75) is 61.7 Å². The summed E-state index contributed by atoms with van der Waals surface area (Å²) in [6, 6.07) is 3.77. The summed E-state index contributed by atoms with van der Waals surface area (Å²) < 4.78 is 6.98. The molecule has 1 aromatic carbocycles. The van der Waals surface area contributed by atoms with Crippen molar-refractivity contribution in [3.05, 3.63) is 23.3 Å². The van der Waals surface area contributed by atoms with Gasteiger partial charge >= 0.3 is 0 Å². The number of aliphatic hydroxyl groups is 1. The summed E-state index contributed by atoms with van der Waals surface area (Å²) in [5.74, 6) is 1.42. The van der Waals surface area contributed by atoms with E-state index in [-0.39, 0.29) is 17.6 Å². The highest BCUT2D eigenvalue weighted by atomic mass is 16.5. The molecule has 0 aromatic heterocycles. The molecule has 26 heavy (non-hydrogen) atoms. The quantitative estimate of drug-likeness (QED) is 0.791. The molecule has 0 radical (unpaired) electrons. The molecule has 5 heteroatoms. The predicted octanol–water partition coefficient (Wildman–Crippen LogP) is 1.67. The third kappa shape index (κ3) is 1.55. The van der Waals surface area contributed by atoms with Crippen molar-refractivity contribution < 1.29 is 24.2 Å². The van der Waals surface area contributed by atoms with Gasteiger partial charge in [0.2, 0.25) is 0 Å². The van der Waals surface area contributed by atoms with Crippen LogP contribution in [0, 0.1) is 5.92 Å². The van der Waals surface area contributed by atoms with Crippen LogP contribution in [0.3, 0.4) is 0 Å². The average molecular weight is 356 g/mol. The Morgan fingerprint density at radius 2 is 2.12 bits per heavy atom. The summed E-state index contributed by atoms with van der Waals surface area (Å²) in [5.41, 5.74) is 0.492. The number of carbonyl (C=O) groups is 1. The Morgan fingerprint density at radius 1 is 1.31 bits per heavy atom. The van der Waals surface area contributed by atoms with E-state index in [1.165, 1.54) is 12.8 Å². The SMILES string of the molecule is C[N@+]1(CC2CC2)CC[C@]23c4c5ccc(O)c4OC2C(=O)CC[C@]3(O)[C@H]1C5. The second-order valence-electron chi connectivity index (χ2n) is 9.61. The molecule has 138 valence electrons. The summed E-state index contributed by atoms with van der Waals surface area (Å²) in [7, 11) is 2.31. The molecule has 5 nitrogen and oxygen atoms in total. The molecule has 2 saturated carbocycles. The Balaban J connectivity index is 1.60. The van der Waals surface area contributed by atoms with E-state index in [1.54, 1.807) is 6.07 Å². The van der Waals surface area contributed by atoms with Crippen molar-refractivity contribution in [3.63, 3.8) is 0 Å². The van der Waals surface area contributed by atoms with Gasteiger partial charge in [-0.15, -0.1) is 0 Å². The summed E-state index contributed by atoms with van der Waals surface area (Å²) >= 11 is 0. The summed E-state index contributed by atoms with van der Waals surface area (Å²) in [6.07, 6.45) is 4.42. The van der Waals surface area contributed by atoms with Crippen LogP contribution < -0.4 is 4.74 Å². The zero-order valence-corrected chi connectivity index (χ0v) is 15.2. The first-order valence-electron chi connectivity index (χ1n) is 10.0. The zero-order chi connectivity index (χ0) is 17.9. The molecule has 2 aliphatic heterocycles. The lowest BCUT2D eigenvalue weighted by molar-refractivity contribution is -0.950. The molecule has 6 rings (SSSR count). The largest absolute Gasteiger partial charge is 0.504 e. The first kappa shape index (κ1) is 15.5. The predicted molar refractivity (Wildman–Crippen MR) is 94.1 cm³/mol. The first-order chi connectivity index (χ1) is 12.4. The molecule has 1 aromatic rings. The van der Waals surface area contributed by atoms with Crippen LogP contribution in [0.1, 0.15) is 43.2 Å². The van der Waals surface area contributed by atoms with Gasteiger partial charge in [-0.05, 0) is 30.9 Å². The smallest absolute Gasteiger partial charge is 0.174 e. The van der Waals surface area contributed by atoms with Crippen molar-refractivity contribution in [2.75, 3.05) is 20.1 Å². The highest BCUT2D eigenvalue weighted by Crippen LogP contribution is 2.65. The number of benzene rings is 1. The third-order valence-electron chi connectivity index (χ3n) is 8.28.